The number of amides is 2. The van der Waals surface area contributed by atoms with E-state index < -0.39 is 0 Å². The van der Waals surface area contributed by atoms with Crippen molar-refractivity contribution in [2.45, 2.75) is 26.4 Å². The number of methoxy groups -OCH3 is 1. The van der Waals surface area contributed by atoms with Gasteiger partial charge >= 0.3 is 0 Å². The summed E-state index contributed by atoms with van der Waals surface area (Å²) in [6.07, 6.45) is 1.65. The summed E-state index contributed by atoms with van der Waals surface area (Å²) < 4.78 is 12.6. The standard InChI is InChI=1S/C23H27N3O4/c1-16-5-4-6-18(11-16)14-26-20(12-19-7-10-30-23(19)26)22(28)24-8-9-25(17(2)13-24)21(27)15-29-3/h4-7,10-12,17H,8-9,13-15H2,1-3H3/t17-/m1/s1. The summed E-state index contributed by atoms with van der Waals surface area (Å²) in [7, 11) is 1.51. The fourth-order valence-electron chi connectivity index (χ4n) is 4.18. The molecule has 1 aliphatic rings. The first kappa shape index (κ1) is 20.2. The molecule has 1 atom stereocenters. The maximum absolute atomic E-state index is 13.4. The largest absolute Gasteiger partial charge is 0.448 e. The Morgan fingerprint density at radius 3 is 2.77 bits per heavy atom. The van der Waals surface area contributed by atoms with E-state index in [0.29, 0.717) is 37.6 Å². The van der Waals surface area contributed by atoms with Crippen LogP contribution < -0.4 is 0 Å². The maximum Gasteiger partial charge on any atom is 0.270 e. The molecular weight excluding hydrogens is 382 g/mol. The zero-order chi connectivity index (χ0) is 21.3. The van der Waals surface area contributed by atoms with E-state index in [4.69, 9.17) is 9.15 Å². The minimum atomic E-state index is -0.0615. The van der Waals surface area contributed by atoms with Crippen LogP contribution in [0.5, 0.6) is 0 Å². The van der Waals surface area contributed by atoms with Crippen molar-refractivity contribution >= 4 is 22.9 Å². The summed E-state index contributed by atoms with van der Waals surface area (Å²) in [4.78, 5) is 29.2. The summed E-state index contributed by atoms with van der Waals surface area (Å²) in [5.74, 6) is -0.0859. The molecule has 0 saturated carbocycles. The van der Waals surface area contributed by atoms with Crippen LogP contribution >= 0.6 is 0 Å². The monoisotopic (exact) mass is 409 g/mol. The average molecular weight is 409 g/mol. The number of aromatic nitrogens is 1. The van der Waals surface area contributed by atoms with Crippen LogP contribution in [0, 0.1) is 6.92 Å². The van der Waals surface area contributed by atoms with Crippen molar-refractivity contribution in [1.82, 2.24) is 14.4 Å². The van der Waals surface area contributed by atoms with Crippen LogP contribution in [-0.4, -0.2) is 65.6 Å². The number of rotatable bonds is 5. The molecule has 7 nitrogen and oxygen atoms in total. The van der Waals surface area contributed by atoms with Gasteiger partial charge in [-0.05, 0) is 31.5 Å². The maximum atomic E-state index is 13.4. The van der Waals surface area contributed by atoms with Gasteiger partial charge in [0.1, 0.15) is 12.3 Å². The van der Waals surface area contributed by atoms with Gasteiger partial charge in [0.25, 0.3) is 5.91 Å². The van der Waals surface area contributed by atoms with E-state index in [9.17, 15) is 9.59 Å². The quantitative estimate of drug-likeness (QED) is 0.650. The Labute approximate surface area is 175 Å². The Kier molecular flexibility index (Phi) is 5.63. The van der Waals surface area contributed by atoms with E-state index in [2.05, 4.69) is 25.1 Å². The summed E-state index contributed by atoms with van der Waals surface area (Å²) in [5, 5.41) is 0.910. The van der Waals surface area contributed by atoms with E-state index >= 15 is 0 Å². The van der Waals surface area contributed by atoms with Crippen molar-refractivity contribution in [3.05, 3.63) is 59.5 Å². The molecular formula is C23H27N3O4. The Hall–Kier alpha value is -3.06. The molecule has 1 saturated heterocycles. The molecule has 1 fully saturated rings. The summed E-state index contributed by atoms with van der Waals surface area (Å²) >= 11 is 0. The van der Waals surface area contributed by atoms with Crippen LogP contribution in [-0.2, 0) is 16.1 Å². The van der Waals surface area contributed by atoms with E-state index in [1.807, 2.05) is 34.6 Å². The number of hydrogen-bond acceptors (Lipinski definition) is 4. The van der Waals surface area contributed by atoms with E-state index in [1.165, 1.54) is 12.7 Å². The van der Waals surface area contributed by atoms with Gasteiger partial charge in [-0.15, -0.1) is 0 Å². The number of furan rings is 1. The second-order valence-electron chi connectivity index (χ2n) is 7.91. The van der Waals surface area contributed by atoms with Gasteiger partial charge in [0, 0.05) is 38.2 Å². The van der Waals surface area contributed by atoms with Gasteiger partial charge in [0.05, 0.1) is 12.8 Å². The molecule has 4 rings (SSSR count). The first-order valence-corrected chi connectivity index (χ1v) is 10.2. The van der Waals surface area contributed by atoms with Gasteiger partial charge in [-0.1, -0.05) is 29.8 Å². The Balaban J connectivity index is 1.58. The van der Waals surface area contributed by atoms with Crippen molar-refractivity contribution in [1.29, 1.82) is 0 Å². The molecule has 2 amide bonds. The summed E-state index contributed by atoms with van der Waals surface area (Å²) in [6, 6.07) is 12.0. The third-order valence-electron chi connectivity index (χ3n) is 5.65. The molecule has 3 aromatic rings. The predicted molar refractivity (Wildman–Crippen MR) is 113 cm³/mol. The SMILES string of the molecule is COCC(=O)N1CCN(C(=O)c2cc3ccoc3n2Cc2cccc(C)c2)C[C@H]1C. The van der Waals surface area contributed by atoms with Gasteiger partial charge in [-0.2, -0.15) is 0 Å². The van der Waals surface area contributed by atoms with Gasteiger partial charge in [-0.25, -0.2) is 0 Å². The number of ether oxygens (including phenoxy) is 1. The summed E-state index contributed by atoms with van der Waals surface area (Å²) in [6.45, 7) is 6.13. The predicted octanol–water partition coefficient (Wildman–Crippen LogP) is 2.91. The van der Waals surface area contributed by atoms with Crippen LogP contribution in [0.15, 0.2) is 47.1 Å². The number of aryl methyl sites for hydroxylation is 1. The van der Waals surface area contributed by atoms with Crippen LogP contribution in [0.3, 0.4) is 0 Å². The highest BCUT2D eigenvalue weighted by atomic mass is 16.5. The second kappa shape index (κ2) is 8.36. The molecule has 0 radical (unpaired) electrons. The van der Waals surface area contributed by atoms with Crippen molar-refractivity contribution in [3.8, 4) is 0 Å². The van der Waals surface area contributed by atoms with Crippen LogP contribution in [0.1, 0.15) is 28.5 Å². The van der Waals surface area contributed by atoms with E-state index in [1.54, 1.807) is 11.2 Å². The molecule has 2 aromatic heterocycles. The van der Waals surface area contributed by atoms with Gasteiger partial charge < -0.3 is 23.5 Å². The number of nitrogens with zero attached hydrogens (tertiary/aromatic N) is 3. The number of piperazine rings is 1. The normalized spacial score (nSPS) is 17.0. The minimum Gasteiger partial charge on any atom is -0.448 e. The lowest BCUT2D eigenvalue weighted by molar-refractivity contribution is -0.139. The van der Waals surface area contributed by atoms with Crippen molar-refractivity contribution in [2.24, 2.45) is 0 Å². The third kappa shape index (κ3) is 3.85. The molecule has 7 heteroatoms. The highest BCUT2D eigenvalue weighted by Crippen LogP contribution is 2.25. The topological polar surface area (TPSA) is 67.9 Å². The fourth-order valence-corrected chi connectivity index (χ4v) is 4.18. The van der Waals surface area contributed by atoms with Gasteiger partial charge in [0.15, 0.2) is 0 Å². The summed E-state index contributed by atoms with van der Waals surface area (Å²) in [5.41, 5.74) is 3.59. The molecule has 1 aromatic carbocycles. The second-order valence-corrected chi connectivity index (χ2v) is 7.91. The lowest BCUT2D eigenvalue weighted by Gasteiger charge is -2.39. The lowest BCUT2D eigenvalue weighted by atomic mass is 10.1. The highest BCUT2D eigenvalue weighted by molar-refractivity contribution is 5.98. The highest BCUT2D eigenvalue weighted by Gasteiger charge is 2.31. The zero-order valence-corrected chi connectivity index (χ0v) is 17.6. The van der Waals surface area contributed by atoms with Gasteiger partial charge in [-0.3, -0.25) is 9.59 Å². The Morgan fingerprint density at radius 2 is 2.03 bits per heavy atom. The van der Waals surface area contributed by atoms with Crippen LogP contribution in [0.25, 0.3) is 11.1 Å². The smallest absolute Gasteiger partial charge is 0.270 e. The minimum absolute atomic E-state index is 0.0419. The Bertz CT molecular complexity index is 1070. The molecule has 3 heterocycles. The molecule has 1 aliphatic heterocycles. The van der Waals surface area contributed by atoms with E-state index in [-0.39, 0.29) is 24.5 Å². The number of fused-ring (bicyclic) bond motifs is 1. The number of hydrogen-bond donors (Lipinski definition) is 0. The van der Waals surface area contributed by atoms with Gasteiger partial charge in [0.2, 0.25) is 11.6 Å². The number of carbonyl (C=O) groups is 2. The first-order chi connectivity index (χ1) is 14.5. The molecule has 0 N–H and O–H groups in total. The van der Waals surface area contributed by atoms with Crippen molar-refractivity contribution in [3.63, 3.8) is 0 Å². The Morgan fingerprint density at radius 1 is 1.20 bits per heavy atom. The van der Waals surface area contributed by atoms with Crippen LogP contribution in [0.2, 0.25) is 0 Å². The molecule has 0 spiro atoms. The number of carbonyl (C=O) groups excluding carboxylic acids is 2. The van der Waals surface area contributed by atoms with E-state index in [0.717, 1.165) is 10.9 Å². The first-order valence-electron chi connectivity index (χ1n) is 10.2. The number of benzene rings is 1. The van der Waals surface area contributed by atoms with Crippen molar-refractivity contribution < 1.29 is 18.7 Å². The van der Waals surface area contributed by atoms with Crippen molar-refractivity contribution in [2.75, 3.05) is 33.4 Å². The zero-order valence-electron chi connectivity index (χ0n) is 17.6. The molecule has 0 aliphatic carbocycles. The average Bonchev–Trinajstić information content (AvgIpc) is 3.30. The lowest BCUT2D eigenvalue weighted by Crippen LogP contribution is -2.56. The molecule has 30 heavy (non-hydrogen) atoms. The molecule has 158 valence electrons. The van der Waals surface area contributed by atoms with Crippen LogP contribution in [0.4, 0.5) is 0 Å². The fraction of sp³-hybridized carbons (Fsp3) is 0.391. The third-order valence-corrected chi connectivity index (χ3v) is 5.65. The molecule has 0 bridgehead atoms. The molecule has 0 unspecified atom stereocenters.